The summed E-state index contributed by atoms with van der Waals surface area (Å²) in [5, 5.41) is 55.1. The number of aromatic hydroxyl groups is 1. The number of fused-ring (bicyclic) bond motifs is 5. The minimum absolute atomic E-state index is 0.0120. The van der Waals surface area contributed by atoms with Gasteiger partial charge in [0, 0.05) is 67.5 Å². The monoisotopic (exact) mass is 1030 g/mol. The summed E-state index contributed by atoms with van der Waals surface area (Å²) >= 11 is 0. The molecule has 0 saturated carbocycles. The van der Waals surface area contributed by atoms with E-state index in [2.05, 4.69) is 25.9 Å². The highest BCUT2D eigenvalue weighted by atomic mass is 32.2. The second-order valence-electron chi connectivity index (χ2n) is 17.3. The van der Waals surface area contributed by atoms with E-state index in [1.165, 1.54) is 76.2 Å². The molecular weight excluding hydrogens is 971 g/mol. The first kappa shape index (κ1) is 56.0. The van der Waals surface area contributed by atoms with E-state index in [0.29, 0.717) is 5.56 Å². The standard InChI is InChI=1S/C46H58F2N10O13S/c1-22(2)46(47,48)28-9-7-26(8-10-28)40-52-18-33(23(3)54-40)42(63)57-35(19-53-72(51,68)69)44(65)58(5)38-27-14-32(39(61)37(15-27)71-21-30(60)17-50)31-12-25(6-11-36(31)70-20-29(59)16-49)13-34(45(66)67)56-41(62)24(4)55-43(38)64/h6-12,14-15,18,22,24,29-30,34-35,38,53,59-61H,13,16-17,19-21,49-50H2,1-5H3,(H,55,64)(H,56,62)(H,57,63)(H,66,67)(H2,51,68,69)/t24-,29+,30+,34?,35-,38?/m0/s1. The lowest BCUT2D eigenvalue weighted by molar-refractivity contribution is -0.143. The number of aromatic nitrogens is 2. The Morgan fingerprint density at radius 2 is 1.57 bits per heavy atom. The number of hydrogen-bond donors (Lipinski definition) is 11. The average Bonchev–Trinajstić information content (AvgIpc) is 3.33. The van der Waals surface area contributed by atoms with Crippen LogP contribution in [0.1, 0.15) is 59.6 Å². The molecule has 4 aromatic rings. The van der Waals surface area contributed by atoms with Gasteiger partial charge in [0.05, 0.1) is 11.3 Å². The van der Waals surface area contributed by atoms with Crippen LogP contribution >= 0.6 is 0 Å². The number of alkyl halides is 2. The summed E-state index contributed by atoms with van der Waals surface area (Å²) in [7, 11) is -3.47. The van der Waals surface area contributed by atoms with Crippen molar-refractivity contribution in [3.05, 3.63) is 88.7 Å². The van der Waals surface area contributed by atoms with Gasteiger partial charge in [0.15, 0.2) is 17.3 Å². The maximum atomic E-state index is 14.8. The second-order valence-corrected chi connectivity index (χ2v) is 18.7. The third-order valence-electron chi connectivity index (χ3n) is 11.5. The van der Waals surface area contributed by atoms with E-state index in [1.54, 1.807) is 0 Å². The van der Waals surface area contributed by atoms with Crippen LogP contribution in [0.15, 0.2) is 60.8 Å². The molecule has 1 aliphatic heterocycles. The van der Waals surface area contributed by atoms with E-state index in [-0.39, 0.29) is 76.8 Å². The van der Waals surface area contributed by atoms with Crippen molar-refractivity contribution in [1.82, 2.24) is 35.5 Å². The third-order valence-corrected chi connectivity index (χ3v) is 12.1. The van der Waals surface area contributed by atoms with Gasteiger partial charge in [-0.15, -0.1) is 0 Å². The fourth-order valence-electron chi connectivity index (χ4n) is 7.30. The number of nitrogens with two attached hydrogens (primary N) is 3. The quantitative estimate of drug-likeness (QED) is 0.0574. The Bertz CT molecular complexity index is 2770. The molecule has 5 rings (SSSR count). The molecule has 2 unspecified atom stereocenters. The zero-order valence-electron chi connectivity index (χ0n) is 39.8. The number of carbonyl (C=O) groups excluding carboxylic acids is 4. The fourth-order valence-corrected chi connectivity index (χ4v) is 7.70. The van der Waals surface area contributed by atoms with E-state index in [4.69, 9.17) is 26.1 Å². The van der Waals surface area contributed by atoms with Gasteiger partial charge < -0.3 is 62.2 Å². The number of benzene rings is 3. The van der Waals surface area contributed by atoms with Crippen molar-refractivity contribution < 1.29 is 71.1 Å². The van der Waals surface area contributed by atoms with Gasteiger partial charge in [-0.3, -0.25) is 19.2 Å². The summed E-state index contributed by atoms with van der Waals surface area (Å²) in [5.41, 5.74) is 11.1. The van der Waals surface area contributed by atoms with E-state index < -0.39 is 113 Å². The minimum Gasteiger partial charge on any atom is -0.504 e. The van der Waals surface area contributed by atoms with E-state index in [1.807, 2.05) is 4.72 Å². The zero-order chi connectivity index (χ0) is 53.4. The lowest BCUT2D eigenvalue weighted by Gasteiger charge is -2.33. The number of aliphatic hydroxyl groups is 2. The summed E-state index contributed by atoms with van der Waals surface area (Å²) in [6.45, 7) is 3.14. The van der Waals surface area contributed by atoms with Crippen LogP contribution in [0.3, 0.4) is 0 Å². The van der Waals surface area contributed by atoms with E-state index in [9.17, 15) is 61.6 Å². The van der Waals surface area contributed by atoms with Crippen molar-refractivity contribution in [2.75, 3.05) is 39.9 Å². The number of rotatable bonds is 19. The number of likely N-dealkylation sites (N-methyl/N-ethyl adjacent to an activating group) is 1. The molecule has 0 saturated heterocycles. The number of phenols is 1. The molecule has 3 aromatic carbocycles. The molecule has 26 heteroatoms. The number of nitrogens with zero attached hydrogens (tertiary/aromatic N) is 3. The summed E-state index contributed by atoms with van der Waals surface area (Å²) in [6.07, 6.45) is -1.67. The molecule has 6 atom stereocenters. The summed E-state index contributed by atoms with van der Waals surface area (Å²) in [6, 6.07) is 5.08. The van der Waals surface area contributed by atoms with Gasteiger partial charge in [-0.2, -0.15) is 13.1 Å². The number of aliphatic carboxylic acids is 1. The minimum atomic E-state index is -4.56. The number of aryl methyl sites for hydroxylation is 1. The summed E-state index contributed by atoms with van der Waals surface area (Å²) in [5.74, 6) is -10.8. The number of halogens is 2. The van der Waals surface area contributed by atoms with Crippen LogP contribution in [-0.4, -0.2) is 144 Å². The van der Waals surface area contributed by atoms with Crippen LogP contribution in [0.4, 0.5) is 8.78 Å². The Labute approximate surface area is 412 Å². The number of carbonyl (C=O) groups is 5. The Morgan fingerprint density at radius 3 is 2.14 bits per heavy atom. The third kappa shape index (κ3) is 13.7. The normalized spacial score (nSPS) is 17.7. The molecule has 0 fully saturated rings. The van der Waals surface area contributed by atoms with Gasteiger partial charge in [0.2, 0.25) is 17.7 Å². The number of carboxylic acid groups (broad SMARTS) is 1. The molecule has 4 bridgehead atoms. The highest BCUT2D eigenvalue weighted by molar-refractivity contribution is 7.87. The van der Waals surface area contributed by atoms with Crippen molar-refractivity contribution in [2.24, 2.45) is 22.5 Å². The molecule has 1 aromatic heterocycles. The van der Waals surface area contributed by atoms with Crippen LogP contribution in [0.5, 0.6) is 17.2 Å². The van der Waals surface area contributed by atoms with E-state index >= 15 is 0 Å². The Kier molecular flexibility index (Phi) is 18.3. The first-order valence-corrected chi connectivity index (χ1v) is 23.8. The van der Waals surface area contributed by atoms with Crippen molar-refractivity contribution in [1.29, 1.82) is 0 Å². The number of ether oxygens (including phenoxy) is 2. The molecule has 0 radical (unpaired) electrons. The van der Waals surface area contributed by atoms with Gasteiger partial charge in [-0.25, -0.2) is 28.7 Å². The van der Waals surface area contributed by atoms with Crippen molar-refractivity contribution >= 4 is 39.8 Å². The van der Waals surface area contributed by atoms with Crippen molar-refractivity contribution in [3.8, 4) is 39.8 Å². The molecule has 0 aliphatic carbocycles. The maximum absolute atomic E-state index is 14.8. The van der Waals surface area contributed by atoms with Gasteiger partial charge in [0.1, 0.15) is 55.3 Å². The van der Waals surface area contributed by atoms with Crippen LogP contribution in [0.25, 0.3) is 22.5 Å². The molecule has 2 heterocycles. The van der Waals surface area contributed by atoms with Crippen molar-refractivity contribution in [2.45, 2.75) is 76.4 Å². The Hall–Kier alpha value is -6.94. The molecule has 0 spiro atoms. The highest BCUT2D eigenvalue weighted by Crippen LogP contribution is 2.45. The average molecular weight is 1030 g/mol. The van der Waals surface area contributed by atoms with Crippen LogP contribution in [-0.2, 0) is 41.7 Å². The number of phenolic OH excluding ortho intramolecular Hbond substituents is 1. The largest absolute Gasteiger partial charge is 0.504 e. The maximum Gasteiger partial charge on any atom is 0.326 e. The van der Waals surface area contributed by atoms with Crippen LogP contribution < -0.4 is 46.8 Å². The van der Waals surface area contributed by atoms with Gasteiger partial charge in [-0.1, -0.05) is 44.2 Å². The number of nitrogens with one attached hydrogen (secondary N) is 4. The molecule has 1 aliphatic rings. The second kappa shape index (κ2) is 23.5. The Morgan fingerprint density at radius 1 is 0.944 bits per heavy atom. The molecule has 23 nitrogen and oxygen atoms in total. The lowest BCUT2D eigenvalue weighted by Crippen LogP contribution is -2.57. The predicted molar refractivity (Wildman–Crippen MR) is 254 cm³/mol. The fraction of sp³-hybridized carbons (Fsp3) is 0.413. The molecule has 72 heavy (non-hydrogen) atoms. The number of carboxylic acids is 1. The lowest BCUT2D eigenvalue weighted by atomic mass is 9.93. The van der Waals surface area contributed by atoms with Crippen LogP contribution in [0, 0.1) is 12.8 Å². The number of amides is 4. The van der Waals surface area contributed by atoms with E-state index in [0.717, 1.165) is 24.2 Å². The predicted octanol–water partition coefficient (Wildman–Crippen LogP) is -0.309. The van der Waals surface area contributed by atoms with Gasteiger partial charge in [-0.05, 0) is 49.2 Å². The number of hydrogen-bond acceptors (Lipinski definition) is 16. The highest BCUT2D eigenvalue weighted by Gasteiger charge is 2.38. The smallest absolute Gasteiger partial charge is 0.326 e. The molecule has 4 amide bonds. The molecule has 14 N–H and O–H groups in total. The first-order chi connectivity index (χ1) is 33.8. The van der Waals surface area contributed by atoms with Crippen LogP contribution in [0.2, 0.25) is 0 Å². The van der Waals surface area contributed by atoms with Crippen molar-refractivity contribution in [3.63, 3.8) is 0 Å². The SMILES string of the molecule is Cc1nc(-c2ccc(C(F)(F)C(C)C)cc2)ncc1C(=O)N[C@@H](CNS(N)(=O)=O)C(=O)N(C)C1C(=O)N[C@@H](C)C(=O)NC(C(=O)O)Cc2ccc(OC[C@H](O)CN)c(c2)-c2cc1cc(OC[C@H](O)CN)c2O. The summed E-state index contributed by atoms with van der Waals surface area (Å²) < 4.78 is 67.4. The summed E-state index contributed by atoms with van der Waals surface area (Å²) in [4.78, 5) is 78.8. The molecule has 390 valence electrons. The van der Waals surface area contributed by atoms with Gasteiger partial charge >= 0.3 is 5.97 Å². The van der Waals surface area contributed by atoms with Gasteiger partial charge in [0.25, 0.3) is 22.0 Å². The Balaban J connectivity index is 1.64. The number of aliphatic hydroxyl groups excluding tert-OH is 2. The zero-order valence-corrected chi connectivity index (χ0v) is 40.6. The molecular formula is C46H58F2N10O13S. The topological polar surface area (TPSA) is 374 Å². The first-order valence-electron chi connectivity index (χ1n) is 22.3.